The van der Waals surface area contributed by atoms with Crippen molar-refractivity contribution in [2.24, 2.45) is 0 Å². The lowest BCUT2D eigenvalue weighted by atomic mass is 9.89. The highest BCUT2D eigenvalue weighted by molar-refractivity contribution is 6.29. The Kier molecular flexibility index (Phi) is 5.31. The Balaban J connectivity index is 1.28. The standard InChI is InChI=1S/C22H25ClN6O/c23-19-10-14(18-12-26-22-17(18)2-1-7-25-22)11-20(28-19)27-15-3-5-16(6-4-15)29-9-8-24-21(30)13-29/h1-2,7,10-12,15-16H,3-6,8-9,13H2,(H,24,30)(H,25,26)(H,27,28). The highest BCUT2D eigenvalue weighted by Crippen LogP contribution is 2.32. The molecule has 1 saturated heterocycles. The van der Waals surface area contributed by atoms with Gasteiger partial charge in [-0.2, -0.15) is 0 Å². The number of carbonyl (C=O) groups excluding carboxylic acids is 1. The molecule has 4 heterocycles. The van der Waals surface area contributed by atoms with Crippen molar-refractivity contribution in [2.75, 3.05) is 25.0 Å². The molecule has 30 heavy (non-hydrogen) atoms. The predicted octanol–water partition coefficient (Wildman–Crippen LogP) is 3.43. The van der Waals surface area contributed by atoms with Gasteiger partial charge in [-0.05, 0) is 55.5 Å². The first-order valence-electron chi connectivity index (χ1n) is 10.5. The van der Waals surface area contributed by atoms with Crippen molar-refractivity contribution < 1.29 is 4.79 Å². The van der Waals surface area contributed by atoms with E-state index >= 15 is 0 Å². The lowest BCUT2D eigenvalue weighted by Gasteiger charge is -2.38. The number of H-pyrrole nitrogens is 1. The topological polar surface area (TPSA) is 85.9 Å². The number of hydrogen-bond acceptors (Lipinski definition) is 5. The van der Waals surface area contributed by atoms with Crippen LogP contribution in [0.25, 0.3) is 22.2 Å². The number of aromatic nitrogens is 3. The van der Waals surface area contributed by atoms with Crippen molar-refractivity contribution in [3.8, 4) is 11.1 Å². The summed E-state index contributed by atoms with van der Waals surface area (Å²) in [6.07, 6.45) is 8.04. The number of rotatable bonds is 4. The molecule has 0 atom stereocenters. The van der Waals surface area contributed by atoms with Crippen LogP contribution in [0, 0.1) is 0 Å². The first-order valence-corrected chi connectivity index (χ1v) is 10.9. The maximum atomic E-state index is 11.7. The van der Waals surface area contributed by atoms with Gasteiger partial charge in [-0.15, -0.1) is 0 Å². The van der Waals surface area contributed by atoms with E-state index in [0.29, 0.717) is 23.8 Å². The second kappa shape index (κ2) is 8.24. The maximum absolute atomic E-state index is 11.7. The normalized spacial score (nSPS) is 22.8. The second-order valence-corrected chi connectivity index (χ2v) is 8.52. The van der Waals surface area contributed by atoms with E-state index in [9.17, 15) is 4.79 Å². The van der Waals surface area contributed by atoms with E-state index < -0.39 is 0 Å². The molecule has 0 bridgehead atoms. The van der Waals surface area contributed by atoms with E-state index in [0.717, 1.165) is 66.8 Å². The van der Waals surface area contributed by atoms with Gasteiger partial charge in [0.1, 0.15) is 16.6 Å². The van der Waals surface area contributed by atoms with Gasteiger partial charge in [0, 0.05) is 48.5 Å². The molecular formula is C22H25ClN6O. The number of pyridine rings is 2. The van der Waals surface area contributed by atoms with E-state index in [-0.39, 0.29) is 5.91 Å². The molecule has 1 aliphatic carbocycles. The molecular weight excluding hydrogens is 400 g/mol. The third-order valence-electron chi connectivity index (χ3n) is 6.19. The minimum Gasteiger partial charge on any atom is -0.367 e. The number of fused-ring (bicyclic) bond motifs is 1. The van der Waals surface area contributed by atoms with Gasteiger partial charge in [0.15, 0.2) is 0 Å². The summed E-state index contributed by atoms with van der Waals surface area (Å²) in [5.41, 5.74) is 2.95. The Morgan fingerprint density at radius 1 is 1.20 bits per heavy atom. The lowest BCUT2D eigenvalue weighted by molar-refractivity contribution is -0.125. The highest BCUT2D eigenvalue weighted by Gasteiger charge is 2.28. The maximum Gasteiger partial charge on any atom is 0.234 e. The average Bonchev–Trinajstić information content (AvgIpc) is 3.18. The number of amides is 1. The molecule has 7 nitrogen and oxygen atoms in total. The first-order chi connectivity index (χ1) is 14.7. The van der Waals surface area contributed by atoms with E-state index in [2.05, 4.69) is 42.6 Å². The summed E-state index contributed by atoms with van der Waals surface area (Å²) in [4.78, 5) is 26.1. The molecule has 0 spiro atoms. The summed E-state index contributed by atoms with van der Waals surface area (Å²) in [5.74, 6) is 0.946. The SMILES string of the molecule is O=C1CN(C2CCC(Nc3cc(-c4c[nH]c5ncccc45)cc(Cl)n3)CC2)CCN1. The third kappa shape index (κ3) is 4.00. The molecule has 8 heteroatoms. The Morgan fingerprint density at radius 3 is 2.90 bits per heavy atom. The van der Waals surface area contributed by atoms with Gasteiger partial charge in [0.05, 0.1) is 6.54 Å². The van der Waals surface area contributed by atoms with Crippen LogP contribution in [-0.4, -0.2) is 57.5 Å². The summed E-state index contributed by atoms with van der Waals surface area (Å²) in [6, 6.07) is 8.80. The predicted molar refractivity (Wildman–Crippen MR) is 119 cm³/mol. The number of anilines is 1. The Bertz CT molecular complexity index is 1060. The van der Waals surface area contributed by atoms with E-state index in [1.165, 1.54) is 0 Å². The van der Waals surface area contributed by atoms with Crippen LogP contribution >= 0.6 is 11.6 Å². The van der Waals surface area contributed by atoms with E-state index in [4.69, 9.17) is 11.6 Å². The molecule has 2 fully saturated rings. The van der Waals surface area contributed by atoms with Crippen LogP contribution in [0.5, 0.6) is 0 Å². The quantitative estimate of drug-likeness (QED) is 0.558. The van der Waals surface area contributed by atoms with Crippen LogP contribution in [0.1, 0.15) is 25.7 Å². The van der Waals surface area contributed by atoms with Gasteiger partial charge in [-0.3, -0.25) is 9.69 Å². The molecule has 0 unspecified atom stereocenters. The fourth-order valence-corrected chi connectivity index (χ4v) is 4.89. The average molecular weight is 425 g/mol. The largest absolute Gasteiger partial charge is 0.367 e. The number of piperazine rings is 1. The van der Waals surface area contributed by atoms with Crippen molar-refractivity contribution in [3.05, 3.63) is 41.8 Å². The number of nitrogens with one attached hydrogen (secondary N) is 3. The number of nitrogens with zero attached hydrogens (tertiary/aromatic N) is 3. The molecule has 5 rings (SSSR count). The Hall–Kier alpha value is -2.64. The lowest BCUT2D eigenvalue weighted by Crippen LogP contribution is -2.52. The molecule has 0 aromatic carbocycles. The highest BCUT2D eigenvalue weighted by atomic mass is 35.5. The zero-order valence-electron chi connectivity index (χ0n) is 16.7. The van der Waals surface area contributed by atoms with Gasteiger partial charge < -0.3 is 15.6 Å². The molecule has 3 aromatic heterocycles. The number of carbonyl (C=O) groups is 1. The van der Waals surface area contributed by atoms with Crippen LogP contribution < -0.4 is 10.6 Å². The van der Waals surface area contributed by atoms with Crippen molar-refractivity contribution in [3.63, 3.8) is 0 Å². The van der Waals surface area contributed by atoms with Crippen molar-refractivity contribution >= 4 is 34.4 Å². The van der Waals surface area contributed by atoms with Gasteiger partial charge in [-0.25, -0.2) is 9.97 Å². The van der Waals surface area contributed by atoms with Gasteiger partial charge in [-0.1, -0.05) is 11.6 Å². The van der Waals surface area contributed by atoms with Crippen LogP contribution in [-0.2, 0) is 4.79 Å². The molecule has 1 saturated carbocycles. The zero-order valence-corrected chi connectivity index (χ0v) is 17.5. The molecule has 3 aromatic rings. The summed E-state index contributed by atoms with van der Waals surface area (Å²) in [6.45, 7) is 2.24. The van der Waals surface area contributed by atoms with Crippen LogP contribution in [0.3, 0.4) is 0 Å². The van der Waals surface area contributed by atoms with E-state index in [1.807, 2.05) is 18.3 Å². The van der Waals surface area contributed by atoms with Gasteiger partial charge in [0.25, 0.3) is 0 Å². The smallest absolute Gasteiger partial charge is 0.234 e. The number of halogens is 1. The number of hydrogen-bond donors (Lipinski definition) is 3. The van der Waals surface area contributed by atoms with Crippen LogP contribution in [0.2, 0.25) is 5.15 Å². The Morgan fingerprint density at radius 2 is 2.07 bits per heavy atom. The molecule has 2 aliphatic rings. The first kappa shape index (κ1) is 19.3. The van der Waals surface area contributed by atoms with Gasteiger partial charge >= 0.3 is 0 Å². The minimum atomic E-state index is 0.143. The molecule has 156 valence electrons. The van der Waals surface area contributed by atoms with Crippen molar-refractivity contribution in [1.29, 1.82) is 0 Å². The van der Waals surface area contributed by atoms with Crippen molar-refractivity contribution in [2.45, 2.75) is 37.8 Å². The monoisotopic (exact) mass is 424 g/mol. The van der Waals surface area contributed by atoms with E-state index in [1.54, 1.807) is 6.20 Å². The summed E-state index contributed by atoms with van der Waals surface area (Å²) < 4.78 is 0. The Labute approximate surface area is 180 Å². The second-order valence-electron chi connectivity index (χ2n) is 8.14. The van der Waals surface area contributed by atoms with Gasteiger partial charge in [0.2, 0.25) is 5.91 Å². The summed E-state index contributed by atoms with van der Waals surface area (Å²) >= 11 is 6.35. The van der Waals surface area contributed by atoms with Crippen molar-refractivity contribution in [1.82, 2.24) is 25.2 Å². The molecule has 0 radical (unpaired) electrons. The summed E-state index contributed by atoms with van der Waals surface area (Å²) in [5, 5.41) is 8.03. The fraction of sp³-hybridized carbons (Fsp3) is 0.409. The fourth-order valence-electron chi connectivity index (χ4n) is 4.69. The zero-order chi connectivity index (χ0) is 20.5. The van der Waals surface area contributed by atoms with Crippen LogP contribution in [0.15, 0.2) is 36.7 Å². The third-order valence-corrected chi connectivity index (χ3v) is 6.38. The minimum absolute atomic E-state index is 0.143. The molecule has 3 N–H and O–H groups in total. The summed E-state index contributed by atoms with van der Waals surface area (Å²) in [7, 11) is 0. The molecule has 1 aliphatic heterocycles. The molecule has 1 amide bonds. The van der Waals surface area contributed by atoms with Crippen LogP contribution in [0.4, 0.5) is 5.82 Å². The number of aromatic amines is 1.